The van der Waals surface area contributed by atoms with Crippen LogP contribution in [-0.4, -0.2) is 17.1 Å². The van der Waals surface area contributed by atoms with Crippen molar-refractivity contribution in [1.29, 1.82) is 0 Å². The van der Waals surface area contributed by atoms with Gasteiger partial charge in [-0.2, -0.15) is 0 Å². The third-order valence-corrected chi connectivity index (χ3v) is 2.71. The molecule has 0 aliphatic heterocycles. The normalized spacial score (nSPS) is 10.4. The van der Waals surface area contributed by atoms with Crippen LogP contribution in [0.2, 0.25) is 5.02 Å². The van der Waals surface area contributed by atoms with Crippen LogP contribution in [0.15, 0.2) is 24.3 Å². The molecule has 0 bridgehead atoms. The second kappa shape index (κ2) is 6.47. The first kappa shape index (κ1) is 14.4. The van der Waals surface area contributed by atoms with E-state index in [4.69, 9.17) is 22.2 Å². The Labute approximate surface area is 120 Å². The minimum atomic E-state index is -0.403. The van der Waals surface area contributed by atoms with Gasteiger partial charge in [0, 0.05) is 13.2 Å². The second-order valence-electron chi connectivity index (χ2n) is 3.88. The molecule has 0 fully saturated rings. The Morgan fingerprint density at radius 3 is 2.75 bits per heavy atom. The zero-order valence-electron chi connectivity index (χ0n) is 10.7. The molecule has 6 nitrogen and oxygen atoms in total. The SMILES string of the molecule is COCc1nc(NN)cc(Nc2cc(F)ccc2Cl)n1. The Kier molecular flexibility index (Phi) is 4.67. The number of hydrogen-bond acceptors (Lipinski definition) is 6. The maximum absolute atomic E-state index is 13.2. The number of nitrogen functional groups attached to an aromatic ring is 1. The fraction of sp³-hybridized carbons (Fsp3) is 0.167. The van der Waals surface area contributed by atoms with E-state index in [1.54, 1.807) is 6.07 Å². The van der Waals surface area contributed by atoms with Gasteiger partial charge in [0.15, 0.2) is 5.82 Å². The van der Waals surface area contributed by atoms with Gasteiger partial charge in [0.25, 0.3) is 0 Å². The van der Waals surface area contributed by atoms with Gasteiger partial charge in [-0.1, -0.05) is 11.6 Å². The number of ether oxygens (including phenoxy) is 1. The minimum absolute atomic E-state index is 0.223. The van der Waals surface area contributed by atoms with Crippen molar-refractivity contribution in [2.75, 3.05) is 17.9 Å². The van der Waals surface area contributed by atoms with Crippen molar-refractivity contribution in [3.8, 4) is 0 Å². The van der Waals surface area contributed by atoms with Crippen LogP contribution >= 0.6 is 11.6 Å². The number of nitrogens with one attached hydrogen (secondary N) is 2. The predicted molar refractivity (Wildman–Crippen MR) is 75.2 cm³/mol. The first-order valence-corrected chi connectivity index (χ1v) is 6.05. The van der Waals surface area contributed by atoms with Crippen LogP contribution in [0.1, 0.15) is 5.82 Å². The van der Waals surface area contributed by atoms with Gasteiger partial charge >= 0.3 is 0 Å². The zero-order chi connectivity index (χ0) is 14.5. The van der Waals surface area contributed by atoms with Gasteiger partial charge in [-0.3, -0.25) is 0 Å². The molecule has 2 rings (SSSR count). The molecule has 0 atom stereocenters. The Hall–Kier alpha value is -1.96. The van der Waals surface area contributed by atoms with E-state index in [1.807, 2.05) is 0 Å². The van der Waals surface area contributed by atoms with Crippen LogP contribution in [0.3, 0.4) is 0 Å². The molecular formula is C12H13ClFN5O. The first-order valence-electron chi connectivity index (χ1n) is 5.68. The molecule has 0 aliphatic carbocycles. The van der Waals surface area contributed by atoms with Crippen LogP contribution in [0.25, 0.3) is 0 Å². The van der Waals surface area contributed by atoms with Crippen molar-refractivity contribution in [3.05, 3.63) is 40.9 Å². The maximum Gasteiger partial charge on any atom is 0.158 e. The lowest BCUT2D eigenvalue weighted by atomic mass is 10.3. The topological polar surface area (TPSA) is 85.1 Å². The first-order chi connectivity index (χ1) is 9.62. The standard InChI is InChI=1S/C12H13ClFN5O/c1-20-6-12-17-10(5-11(18-12)19-15)16-9-4-7(14)2-3-8(9)13/h2-5H,6,15H2,1H3,(H2,16,17,18,19). The molecule has 1 heterocycles. The highest BCUT2D eigenvalue weighted by Crippen LogP contribution is 2.26. The molecule has 1 aromatic carbocycles. The Morgan fingerprint density at radius 2 is 2.05 bits per heavy atom. The number of hydrogen-bond donors (Lipinski definition) is 3. The summed E-state index contributed by atoms with van der Waals surface area (Å²) >= 11 is 5.98. The van der Waals surface area contributed by atoms with E-state index in [9.17, 15) is 4.39 Å². The summed E-state index contributed by atoms with van der Waals surface area (Å²) in [6.45, 7) is 0.223. The fourth-order valence-electron chi connectivity index (χ4n) is 1.56. The molecule has 4 N–H and O–H groups in total. The van der Waals surface area contributed by atoms with E-state index < -0.39 is 5.82 Å². The Morgan fingerprint density at radius 1 is 1.30 bits per heavy atom. The molecule has 0 spiro atoms. The van der Waals surface area contributed by atoms with Gasteiger partial charge in [-0.05, 0) is 18.2 Å². The summed E-state index contributed by atoms with van der Waals surface area (Å²) in [4.78, 5) is 8.32. The van der Waals surface area contributed by atoms with Gasteiger partial charge in [-0.15, -0.1) is 0 Å². The molecular weight excluding hydrogens is 285 g/mol. The van der Waals surface area contributed by atoms with E-state index in [1.165, 1.54) is 25.3 Å². The summed E-state index contributed by atoms with van der Waals surface area (Å²) in [5, 5.41) is 3.29. The van der Waals surface area contributed by atoms with Crippen molar-refractivity contribution >= 4 is 28.9 Å². The third-order valence-electron chi connectivity index (χ3n) is 2.38. The fourth-order valence-corrected chi connectivity index (χ4v) is 1.72. The number of rotatable bonds is 5. The van der Waals surface area contributed by atoms with E-state index in [-0.39, 0.29) is 6.61 Å². The van der Waals surface area contributed by atoms with E-state index in [0.717, 1.165) is 0 Å². The summed E-state index contributed by atoms with van der Waals surface area (Å²) in [7, 11) is 1.53. The van der Waals surface area contributed by atoms with Gasteiger partial charge in [-0.25, -0.2) is 20.2 Å². The predicted octanol–water partition coefficient (Wildman–Crippen LogP) is 2.44. The molecule has 20 heavy (non-hydrogen) atoms. The third kappa shape index (κ3) is 3.53. The van der Waals surface area contributed by atoms with E-state index in [0.29, 0.717) is 28.2 Å². The number of methoxy groups -OCH3 is 1. The summed E-state index contributed by atoms with van der Waals surface area (Å²) in [6.07, 6.45) is 0. The average molecular weight is 298 g/mol. The minimum Gasteiger partial charge on any atom is -0.377 e. The molecule has 8 heteroatoms. The smallest absolute Gasteiger partial charge is 0.158 e. The van der Waals surface area contributed by atoms with Gasteiger partial charge in [0.05, 0.1) is 10.7 Å². The molecule has 0 radical (unpaired) electrons. The number of aromatic nitrogens is 2. The highest BCUT2D eigenvalue weighted by Gasteiger charge is 2.07. The van der Waals surface area contributed by atoms with Crippen LogP contribution in [-0.2, 0) is 11.3 Å². The summed E-state index contributed by atoms with van der Waals surface area (Å²) in [6, 6.07) is 5.58. The molecule has 106 valence electrons. The average Bonchev–Trinajstić information content (AvgIpc) is 2.43. The molecule has 0 unspecified atom stereocenters. The number of halogens is 2. The van der Waals surface area contributed by atoms with Crippen molar-refractivity contribution in [2.45, 2.75) is 6.61 Å². The van der Waals surface area contributed by atoms with Crippen molar-refractivity contribution < 1.29 is 9.13 Å². The van der Waals surface area contributed by atoms with Gasteiger partial charge in [0.1, 0.15) is 24.1 Å². The molecule has 0 amide bonds. The summed E-state index contributed by atoms with van der Waals surface area (Å²) < 4.78 is 18.2. The number of nitrogens with two attached hydrogens (primary N) is 1. The molecule has 0 saturated carbocycles. The van der Waals surface area contributed by atoms with Crippen LogP contribution in [0.4, 0.5) is 21.7 Å². The van der Waals surface area contributed by atoms with Crippen molar-refractivity contribution in [3.63, 3.8) is 0 Å². The lowest BCUT2D eigenvalue weighted by Gasteiger charge is -2.10. The number of anilines is 3. The highest BCUT2D eigenvalue weighted by atomic mass is 35.5. The number of nitrogens with zero attached hydrogens (tertiary/aromatic N) is 2. The summed E-state index contributed by atoms with van der Waals surface area (Å²) in [5.74, 6) is 6.19. The molecule has 2 aromatic rings. The highest BCUT2D eigenvalue weighted by molar-refractivity contribution is 6.33. The Balaban J connectivity index is 2.32. The molecule has 0 saturated heterocycles. The maximum atomic E-state index is 13.2. The molecule has 1 aromatic heterocycles. The van der Waals surface area contributed by atoms with Gasteiger partial charge < -0.3 is 15.5 Å². The number of benzene rings is 1. The van der Waals surface area contributed by atoms with Crippen molar-refractivity contribution in [1.82, 2.24) is 9.97 Å². The van der Waals surface area contributed by atoms with Gasteiger partial charge in [0.2, 0.25) is 0 Å². The number of hydrazine groups is 1. The summed E-state index contributed by atoms with van der Waals surface area (Å²) in [5.41, 5.74) is 2.82. The van der Waals surface area contributed by atoms with Crippen molar-refractivity contribution in [2.24, 2.45) is 5.84 Å². The molecule has 0 aliphatic rings. The largest absolute Gasteiger partial charge is 0.377 e. The Bertz CT molecular complexity index is 610. The second-order valence-corrected chi connectivity index (χ2v) is 4.29. The van der Waals surface area contributed by atoms with Crippen LogP contribution in [0.5, 0.6) is 0 Å². The quantitative estimate of drug-likeness (QED) is 0.580. The van der Waals surface area contributed by atoms with Crippen LogP contribution < -0.4 is 16.6 Å². The lowest BCUT2D eigenvalue weighted by molar-refractivity contribution is 0.178. The van der Waals surface area contributed by atoms with Crippen LogP contribution in [0, 0.1) is 5.82 Å². The zero-order valence-corrected chi connectivity index (χ0v) is 11.4. The monoisotopic (exact) mass is 297 g/mol. The van der Waals surface area contributed by atoms with E-state index in [2.05, 4.69) is 20.7 Å². The van der Waals surface area contributed by atoms with E-state index >= 15 is 0 Å². The lowest BCUT2D eigenvalue weighted by Crippen LogP contribution is -2.12.